The van der Waals surface area contributed by atoms with E-state index < -0.39 is 0 Å². The zero-order valence-electron chi connectivity index (χ0n) is 31.9. The van der Waals surface area contributed by atoms with Gasteiger partial charge in [0.1, 0.15) is 0 Å². The van der Waals surface area contributed by atoms with Crippen molar-refractivity contribution in [1.29, 1.82) is 0 Å². The van der Waals surface area contributed by atoms with Crippen LogP contribution in [0.3, 0.4) is 0 Å². The number of benzene rings is 8. The van der Waals surface area contributed by atoms with Crippen LogP contribution in [0.15, 0.2) is 207 Å². The fourth-order valence-corrected chi connectivity index (χ4v) is 9.51. The van der Waals surface area contributed by atoms with Crippen LogP contribution in [0, 0.1) is 0 Å². The summed E-state index contributed by atoms with van der Waals surface area (Å²) < 4.78 is 0. The Morgan fingerprint density at radius 3 is 1.64 bits per heavy atom. The van der Waals surface area contributed by atoms with E-state index in [1.54, 1.807) is 0 Å². The minimum absolute atomic E-state index is 0.874. The van der Waals surface area contributed by atoms with Crippen LogP contribution in [-0.4, -0.2) is 15.0 Å². The first-order chi connectivity index (χ1) is 29.3. The predicted octanol–water partition coefficient (Wildman–Crippen LogP) is 14.6. The second kappa shape index (κ2) is 13.3. The molecule has 1 aliphatic rings. The molecule has 3 heterocycles. The Balaban J connectivity index is 1.06. The number of rotatable bonds is 6. The summed E-state index contributed by atoms with van der Waals surface area (Å²) in [6.45, 7) is 0. The first-order valence-electron chi connectivity index (χ1n) is 20.0. The summed E-state index contributed by atoms with van der Waals surface area (Å²) in [6.07, 6.45) is 7.41. The maximum atomic E-state index is 4.81. The van der Waals surface area contributed by atoms with Crippen LogP contribution in [0.25, 0.3) is 99.0 Å². The number of aromatic nitrogens is 3. The van der Waals surface area contributed by atoms with Crippen molar-refractivity contribution in [2.75, 3.05) is 4.90 Å². The van der Waals surface area contributed by atoms with Gasteiger partial charge in [0.05, 0.1) is 28.6 Å². The average molecular weight is 751 g/mol. The number of fused-ring (bicyclic) bond motifs is 7. The van der Waals surface area contributed by atoms with Crippen LogP contribution >= 0.6 is 0 Å². The summed E-state index contributed by atoms with van der Waals surface area (Å²) in [5.74, 6) is 0. The van der Waals surface area contributed by atoms with E-state index in [4.69, 9.17) is 9.97 Å². The van der Waals surface area contributed by atoms with Crippen molar-refractivity contribution in [3.63, 3.8) is 0 Å². The SMILES string of the molecule is c1ccc(-c2c3c(c(-c4ccccc4)c4ccccc24)-c2ccc(-c4ccc(N(c5cccnc5)c5cc6cccnc6c6ncccc56)cc4)c4cccc-3c24)cc1. The summed E-state index contributed by atoms with van der Waals surface area (Å²) >= 11 is 0. The van der Waals surface area contributed by atoms with Crippen molar-refractivity contribution in [2.45, 2.75) is 0 Å². The van der Waals surface area contributed by atoms with Gasteiger partial charge >= 0.3 is 0 Å². The molecule has 0 N–H and O–H groups in total. The lowest BCUT2D eigenvalue weighted by Gasteiger charge is -2.27. The second-order valence-electron chi connectivity index (χ2n) is 15.1. The lowest BCUT2D eigenvalue weighted by atomic mass is 9.82. The van der Waals surface area contributed by atoms with E-state index in [-0.39, 0.29) is 0 Å². The number of anilines is 3. The van der Waals surface area contributed by atoms with Gasteiger partial charge in [-0.2, -0.15) is 0 Å². The van der Waals surface area contributed by atoms with E-state index in [2.05, 4.69) is 174 Å². The number of nitrogens with zero attached hydrogens (tertiary/aromatic N) is 4. The van der Waals surface area contributed by atoms with Crippen LogP contribution in [0.5, 0.6) is 0 Å². The van der Waals surface area contributed by atoms with Crippen LogP contribution < -0.4 is 4.90 Å². The predicted molar refractivity (Wildman–Crippen MR) is 245 cm³/mol. The summed E-state index contributed by atoms with van der Waals surface area (Å²) in [4.78, 5) is 16.3. The fourth-order valence-electron chi connectivity index (χ4n) is 9.51. The molecule has 4 nitrogen and oxygen atoms in total. The maximum absolute atomic E-state index is 4.81. The van der Waals surface area contributed by atoms with Gasteiger partial charge in [-0.3, -0.25) is 15.0 Å². The minimum atomic E-state index is 0.874. The third-order valence-electron chi connectivity index (χ3n) is 11.9. The Morgan fingerprint density at radius 1 is 0.356 bits per heavy atom. The van der Waals surface area contributed by atoms with E-state index in [0.29, 0.717) is 0 Å². The standard InChI is InChI=1S/C55H34N4/c1-3-13-36(14-4-1)49-43-19-7-8-20-44(43)50(37-15-5-2-6-16-37)53-47-29-28-41(42-21-9-22-46(51(42)47)52(49)53)35-24-26-39(27-25-35)59(40-18-11-30-56-34-40)48-33-38-17-10-31-57-54(38)55-45(48)23-12-32-58-55/h1-34H. The van der Waals surface area contributed by atoms with E-state index in [0.717, 1.165) is 44.4 Å². The van der Waals surface area contributed by atoms with Gasteiger partial charge in [0.2, 0.25) is 0 Å². The van der Waals surface area contributed by atoms with Crippen molar-refractivity contribution in [2.24, 2.45) is 0 Å². The number of pyridine rings is 3. The summed E-state index contributed by atoms with van der Waals surface area (Å²) in [7, 11) is 0. The molecule has 274 valence electrons. The zero-order chi connectivity index (χ0) is 38.9. The Kier molecular flexibility index (Phi) is 7.50. The van der Waals surface area contributed by atoms with Crippen molar-refractivity contribution in [3.8, 4) is 55.6 Å². The normalized spacial score (nSPS) is 11.7. The van der Waals surface area contributed by atoms with Gasteiger partial charge in [0.15, 0.2) is 0 Å². The summed E-state index contributed by atoms with van der Waals surface area (Å²) in [5.41, 5.74) is 17.3. The van der Waals surface area contributed by atoms with Crippen molar-refractivity contribution < 1.29 is 0 Å². The lowest BCUT2D eigenvalue weighted by Crippen LogP contribution is -2.11. The highest BCUT2D eigenvalue weighted by Gasteiger charge is 2.31. The van der Waals surface area contributed by atoms with Gasteiger partial charge in [0.25, 0.3) is 0 Å². The first kappa shape index (κ1) is 33.2. The molecule has 3 aromatic heterocycles. The molecule has 0 fully saturated rings. The summed E-state index contributed by atoms with van der Waals surface area (Å²) in [5, 5.41) is 7.13. The third kappa shape index (κ3) is 5.13. The van der Waals surface area contributed by atoms with Gasteiger partial charge in [0, 0.05) is 35.1 Å². The van der Waals surface area contributed by atoms with Gasteiger partial charge < -0.3 is 4.90 Å². The molecule has 12 rings (SSSR count). The molecule has 0 aliphatic heterocycles. The van der Waals surface area contributed by atoms with Crippen LogP contribution in [0.4, 0.5) is 17.1 Å². The van der Waals surface area contributed by atoms with E-state index in [9.17, 15) is 0 Å². The number of hydrogen-bond acceptors (Lipinski definition) is 4. The van der Waals surface area contributed by atoms with Gasteiger partial charge in [-0.05, 0) is 126 Å². The molecule has 8 aromatic carbocycles. The maximum Gasteiger partial charge on any atom is 0.0985 e. The monoisotopic (exact) mass is 750 g/mol. The fraction of sp³-hybridized carbons (Fsp3) is 0. The molecular weight excluding hydrogens is 717 g/mol. The zero-order valence-corrected chi connectivity index (χ0v) is 31.9. The van der Waals surface area contributed by atoms with E-state index >= 15 is 0 Å². The average Bonchev–Trinajstić information content (AvgIpc) is 3.64. The largest absolute Gasteiger partial charge is 0.308 e. The van der Waals surface area contributed by atoms with Crippen LogP contribution in [0.1, 0.15) is 0 Å². The second-order valence-corrected chi connectivity index (χ2v) is 15.1. The van der Waals surface area contributed by atoms with Crippen molar-refractivity contribution >= 4 is 60.4 Å². The highest BCUT2D eigenvalue weighted by atomic mass is 15.1. The molecule has 4 heteroatoms. The lowest BCUT2D eigenvalue weighted by molar-refractivity contribution is 1.24. The van der Waals surface area contributed by atoms with Crippen molar-refractivity contribution in [1.82, 2.24) is 15.0 Å². The molecule has 0 saturated carbocycles. The van der Waals surface area contributed by atoms with Gasteiger partial charge in [-0.25, -0.2) is 0 Å². The van der Waals surface area contributed by atoms with Crippen LogP contribution in [0.2, 0.25) is 0 Å². The van der Waals surface area contributed by atoms with Gasteiger partial charge in [-0.15, -0.1) is 0 Å². The highest BCUT2D eigenvalue weighted by Crippen LogP contribution is 2.58. The van der Waals surface area contributed by atoms with Gasteiger partial charge in [-0.1, -0.05) is 133 Å². The van der Waals surface area contributed by atoms with Crippen LogP contribution in [-0.2, 0) is 0 Å². The molecule has 0 radical (unpaired) electrons. The molecule has 1 aliphatic carbocycles. The Morgan fingerprint density at radius 2 is 0.949 bits per heavy atom. The Hall–Kier alpha value is -7.95. The van der Waals surface area contributed by atoms with Crippen molar-refractivity contribution in [3.05, 3.63) is 207 Å². The molecular formula is C55H34N4. The third-order valence-corrected chi connectivity index (χ3v) is 11.9. The smallest absolute Gasteiger partial charge is 0.0985 e. The molecule has 0 spiro atoms. The molecule has 11 aromatic rings. The van der Waals surface area contributed by atoms with E-state index in [1.165, 1.54) is 71.6 Å². The molecule has 0 amide bonds. The van der Waals surface area contributed by atoms with E-state index in [1.807, 2.05) is 43.0 Å². The first-order valence-corrected chi connectivity index (χ1v) is 20.0. The molecule has 59 heavy (non-hydrogen) atoms. The highest BCUT2D eigenvalue weighted by molar-refractivity contribution is 6.28. The quantitative estimate of drug-likeness (QED) is 0.159. The number of hydrogen-bond donors (Lipinski definition) is 0. The molecule has 0 unspecified atom stereocenters. The minimum Gasteiger partial charge on any atom is -0.308 e. The summed E-state index contributed by atoms with van der Waals surface area (Å²) in [6, 6.07) is 65.8. The topological polar surface area (TPSA) is 41.9 Å². The Labute approximate surface area is 341 Å². The molecule has 0 bridgehead atoms. The molecule has 0 atom stereocenters. The Bertz CT molecular complexity index is 3330. The molecule has 0 saturated heterocycles.